The predicted molar refractivity (Wildman–Crippen MR) is 106 cm³/mol. The Morgan fingerprint density at radius 2 is 1.97 bits per heavy atom. The number of carbonyl (C=O) groups is 1. The highest BCUT2D eigenvalue weighted by Crippen LogP contribution is 2.27. The topological polar surface area (TPSA) is 86.3 Å². The van der Waals surface area contributed by atoms with Crippen LogP contribution in [0.1, 0.15) is 53.5 Å². The lowest BCUT2D eigenvalue weighted by Gasteiger charge is -2.30. The highest BCUT2D eigenvalue weighted by Gasteiger charge is 2.28. The summed E-state index contributed by atoms with van der Waals surface area (Å²) in [7, 11) is 0. The number of amides is 1. The van der Waals surface area contributed by atoms with Gasteiger partial charge in [0.1, 0.15) is 11.4 Å². The van der Waals surface area contributed by atoms with Gasteiger partial charge in [-0.25, -0.2) is 0 Å². The molecular formula is C21H25N5O3. The first-order valence-corrected chi connectivity index (χ1v) is 9.97. The fourth-order valence-corrected chi connectivity index (χ4v) is 3.43. The molecule has 29 heavy (non-hydrogen) atoms. The lowest BCUT2D eigenvalue weighted by atomic mass is 9.96. The predicted octanol–water partition coefficient (Wildman–Crippen LogP) is 3.19. The van der Waals surface area contributed by atoms with E-state index in [0.717, 1.165) is 25.1 Å². The van der Waals surface area contributed by atoms with Gasteiger partial charge in [-0.2, -0.15) is 10.1 Å². The molecule has 1 aromatic carbocycles. The highest BCUT2D eigenvalue weighted by molar-refractivity contribution is 5.92. The van der Waals surface area contributed by atoms with Crippen LogP contribution in [0, 0.1) is 6.92 Å². The molecule has 0 bridgehead atoms. The summed E-state index contributed by atoms with van der Waals surface area (Å²) in [6.45, 7) is 6.34. The second-order valence-corrected chi connectivity index (χ2v) is 7.27. The van der Waals surface area contributed by atoms with Crippen molar-refractivity contribution >= 4 is 5.91 Å². The van der Waals surface area contributed by atoms with E-state index in [1.54, 1.807) is 10.7 Å². The van der Waals surface area contributed by atoms with Crippen molar-refractivity contribution in [3.05, 3.63) is 59.5 Å². The molecule has 0 spiro atoms. The van der Waals surface area contributed by atoms with Gasteiger partial charge in [0.2, 0.25) is 0 Å². The first kappa shape index (κ1) is 19.2. The zero-order chi connectivity index (χ0) is 20.2. The van der Waals surface area contributed by atoms with Gasteiger partial charge in [0, 0.05) is 31.7 Å². The van der Waals surface area contributed by atoms with Crippen LogP contribution in [0.15, 0.2) is 41.1 Å². The Kier molecular flexibility index (Phi) is 5.59. The lowest BCUT2D eigenvalue weighted by molar-refractivity contribution is 0.0703. The van der Waals surface area contributed by atoms with Gasteiger partial charge in [0.05, 0.1) is 0 Å². The summed E-state index contributed by atoms with van der Waals surface area (Å²) in [4.78, 5) is 18.9. The maximum absolute atomic E-state index is 12.6. The molecule has 0 N–H and O–H groups in total. The second kappa shape index (κ2) is 8.46. The molecule has 0 atom stereocenters. The van der Waals surface area contributed by atoms with Gasteiger partial charge in [0.25, 0.3) is 11.8 Å². The van der Waals surface area contributed by atoms with Crippen molar-refractivity contribution in [2.24, 2.45) is 0 Å². The summed E-state index contributed by atoms with van der Waals surface area (Å²) in [5.74, 6) is 2.09. The highest BCUT2D eigenvalue weighted by atomic mass is 16.5. The molecule has 4 rings (SSSR count). The first-order valence-electron chi connectivity index (χ1n) is 9.97. The van der Waals surface area contributed by atoms with Crippen LogP contribution in [0.5, 0.6) is 5.75 Å². The third kappa shape index (κ3) is 4.47. The molecule has 1 fully saturated rings. The standard InChI is InChI=1S/C21H25N5O3/c1-3-26-13-10-18(23-26)21(27)25-11-8-16(9-12-25)20-22-19(29-24-20)14-28-17-6-4-15(2)5-7-17/h4-7,10,13,16H,3,8-9,11-12,14H2,1-2H3. The van der Waals surface area contributed by atoms with Crippen LogP contribution < -0.4 is 4.74 Å². The summed E-state index contributed by atoms with van der Waals surface area (Å²) in [5, 5.41) is 8.43. The zero-order valence-electron chi connectivity index (χ0n) is 16.7. The van der Waals surface area contributed by atoms with Crippen molar-refractivity contribution < 1.29 is 14.1 Å². The molecular weight excluding hydrogens is 370 g/mol. The van der Waals surface area contributed by atoms with E-state index in [9.17, 15) is 4.79 Å². The minimum Gasteiger partial charge on any atom is -0.484 e. The van der Waals surface area contributed by atoms with Crippen molar-refractivity contribution in [3.63, 3.8) is 0 Å². The van der Waals surface area contributed by atoms with E-state index >= 15 is 0 Å². The van der Waals surface area contributed by atoms with Gasteiger partial charge in [-0.15, -0.1) is 0 Å². The van der Waals surface area contributed by atoms with Crippen molar-refractivity contribution in [2.75, 3.05) is 13.1 Å². The Balaban J connectivity index is 1.29. The maximum atomic E-state index is 12.6. The number of rotatable bonds is 6. The number of nitrogens with zero attached hydrogens (tertiary/aromatic N) is 5. The van der Waals surface area contributed by atoms with E-state index < -0.39 is 0 Å². The Hall–Kier alpha value is -3.16. The van der Waals surface area contributed by atoms with Gasteiger partial charge in [-0.05, 0) is 44.9 Å². The number of carbonyl (C=O) groups excluding carboxylic acids is 1. The van der Waals surface area contributed by atoms with E-state index in [-0.39, 0.29) is 18.4 Å². The number of hydrogen-bond acceptors (Lipinski definition) is 6. The molecule has 3 aromatic rings. The van der Waals surface area contributed by atoms with Crippen molar-refractivity contribution in [1.82, 2.24) is 24.8 Å². The molecule has 1 aliphatic rings. The Bertz CT molecular complexity index is 955. The van der Waals surface area contributed by atoms with Gasteiger partial charge < -0.3 is 14.2 Å². The third-order valence-corrected chi connectivity index (χ3v) is 5.20. The van der Waals surface area contributed by atoms with Crippen LogP contribution in [0.3, 0.4) is 0 Å². The quantitative estimate of drug-likeness (QED) is 0.637. The summed E-state index contributed by atoms with van der Waals surface area (Å²) >= 11 is 0. The molecule has 0 saturated carbocycles. The Morgan fingerprint density at radius 1 is 1.21 bits per heavy atom. The molecule has 1 amide bonds. The number of ether oxygens (including phenoxy) is 1. The molecule has 0 unspecified atom stereocenters. The number of likely N-dealkylation sites (tertiary alicyclic amines) is 1. The lowest BCUT2D eigenvalue weighted by Crippen LogP contribution is -2.38. The van der Waals surface area contributed by atoms with Crippen LogP contribution in [0.4, 0.5) is 0 Å². The van der Waals surface area contributed by atoms with Gasteiger partial charge in [-0.1, -0.05) is 22.9 Å². The second-order valence-electron chi connectivity index (χ2n) is 7.27. The number of hydrogen-bond donors (Lipinski definition) is 0. The maximum Gasteiger partial charge on any atom is 0.274 e. The molecule has 3 heterocycles. The zero-order valence-corrected chi connectivity index (χ0v) is 16.7. The van der Waals surface area contributed by atoms with Gasteiger partial charge >= 0.3 is 0 Å². The van der Waals surface area contributed by atoms with Gasteiger partial charge in [0.15, 0.2) is 12.4 Å². The summed E-state index contributed by atoms with van der Waals surface area (Å²) in [5.41, 5.74) is 1.68. The van der Waals surface area contributed by atoms with E-state index in [1.807, 2.05) is 49.2 Å². The van der Waals surface area contributed by atoms with Crippen molar-refractivity contribution in [1.29, 1.82) is 0 Å². The molecule has 8 heteroatoms. The molecule has 1 saturated heterocycles. The van der Waals surface area contributed by atoms with Crippen molar-refractivity contribution in [3.8, 4) is 5.75 Å². The first-order chi connectivity index (χ1) is 14.1. The molecule has 0 radical (unpaired) electrons. The molecule has 2 aromatic heterocycles. The van der Waals surface area contributed by atoms with E-state index in [1.165, 1.54) is 5.56 Å². The minimum absolute atomic E-state index is 0.0176. The number of aryl methyl sites for hydroxylation is 2. The van der Waals surface area contributed by atoms with Crippen molar-refractivity contribution in [2.45, 2.75) is 45.8 Å². The number of benzene rings is 1. The monoisotopic (exact) mass is 395 g/mol. The Labute approximate surface area is 169 Å². The Morgan fingerprint density at radius 3 is 2.66 bits per heavy atom. The molecule has 1 aliphatic heterocycles. The smallest absolute Gasteiger partial charge is 0.274 e. The van der Waals surface area contributed by atoms with E-state index in [4.69, 9.17) is 9.26 Å². The normalized spacial score (nSPS) is 14.9. The van der Waals surface area contributed by atoms with E-state index in [2.05, 4.69) is 15.2 Å². The van der Waals surface area contributed by atoms with Crippen LogP contribution in [-0.2, 0) is 13.2 Å². The number of aromatic nitrogens is 4. The third-order valence-electron chi connectivity index (χ3n) is 5.20. The largest absolute Gasteiger partial charge is 0.484 e. The fourth-order valence-electron chi connectivity index (χ4n) is 3.43. The van der Waals surface area contributed by atoms with Gasteiger partial charge in [-0.3, -0.25) is 9.48 Å². The fraction of sp³-hybridized carbons (Fsp3) is 0.429. The summed E-state index contributed by atoms with van der Waals surface area (Å²) in [6, 6.07) is 9.61. The average Bonchev–Trinajstić information content (AvgIpc) is 3.43. The number of piperidine rings is 1. The molecule has 152 valence electrons. The summed E-state index contributed by atoms with van der Waals surface area (Å²) < 4.78 is 12.8. The van der Waals surface area contributed by atoms with Crippen LogP contribution >= 0.6 is 0 Å². The average molecular weight is 395 g/mol. The molecule has 0 aliphatic carbocycles. The summed E-state index contributed by atoms with van der Waals surface area (Å²) in [6.07, 6.45) is 3.44. The van der Waals surface area contributed by atoms with Crippen LogP contribution in [0.25, 0.3) is 0 Å². The van der Waals surface area contributed by atoms with Crippen LogP contribution in [-0.4, -0.2) is 43.8 Å². The van der Waals surface area contributed by atoms with E-state index in [0.29, 0.717) is 30.5 Å². The SMILES string of the molecule is CCn1ccc(C(=O)N2CCC(c3noc(COc4ccc(C)cc4)n3)CC2)n1. The molecule has 8 nitrogen and oxygen atoms in total. The minimum atomic E-state index is -0.0176. The van der Waals surface area contributed by atoms with Crippen LogP contribution in [0.2, 0.25) is 0 Å².